The van der Waals surface area contributed by atoms with Crippen molar-refractivity contribution in [2.75, 3.05) is 6.61 Å². The maximum Gasteiger partial charge on any atom is 0.378 e. The molecule has 8 heteroatoms. The van der Waals surface area contributed by atoms with Gasteiger partial charge in [0.25, 0.3) is 0 Å². The van der Waals surface area contributed by atoms with Crippen molar-refractivity contribution >= 4 is 17.7 Å². The van der Waals surface area contributed by atoms with E-state index in [0.717, 1.165) is 19.3 Å². The van der Waals surface area contributed by atoms with Crippen molar-refractivity contribution < 1.29 is 38.8 Å². The summed E-state index contributed by atoms with van der Waals surface area (Å²) >= 11 is 0. The Morgan fingerprint density at radius 1 is 0.795 bits per heavy atom. The molecule has 0 fully saturated rings. The number of carbonyl (C=O) groups is 3. The summed E-state index contributed by atoms with van der Waals surface area (Å²) in [6.07, 6.45) is 13.3. The molecule has 0 spiro atoms. The highest BCUT2D eigenvalue weighted by Gasteiger charge is 2.41. The van der Waals surface area contributed by atoms with Crippen LogP contribution in [0, 0.1) is 0 Å². The fourth-order valence-corrected chi connectivity index (χ4v) is 5.16. The van der Waals surface area contributed by atoms with Crippen LogP contribution in [0.25, 0.3) is 0 Å². The molecular weight excluding hydrogens is 560 g/mol. The van der Waals surface area contributed by atoms with Crippen molar-refractivity contribution in [1.82, 2.24) is 0 Å². The number of aliphatic hydroxyl groups excluding tert-OH is 2. The summed E-state index contributed by atoms with van der Waals surface area (Å²) in [5, 5.41) is 20.8. The first kappa shape index (κ1) is 34.8. The third kappa shape index (κ3) is 11.8. The molecule has 1 heterocycles. The molecule has 1 aliphatic heterocycles. The third-order valence-electron chi connectivity index (χ3n) is 7.81. The summed E-state index contributed by atoms with van der Waals surface area (Å²) in [5.41, 5.74) is 1.76. The zero-order valence-corrected chi connectivity index (χ0v) is 26.0. The number of esters is 2. The topological polar surface area (TPSA) is 119 Å². The zero-order chi connectivity index (χ0) is 31.6. The largest absolute Gasteiger partial charge is 0.499 e. The third-order valence-corrected chi connectivity index (χ3v) is 7.81. The molecule has 0 aliphatic carbocycles. The fraction of sp³-hybridized carbons (Fsp3) is 0.528. The first-order valence-corrected chi connectivity index (χ1v) is 16.2. The van der Waals surface area contributed by atoms with Gasteiger partial charge in [-0.05, 0) is 12.0 Å². The van der Waals surface area contributed by atoms with Gasteiger partial charge in [-0.15, -0.1) is 0 Å². The smallest absolute Gasteiger partial charge is 0.378 e. The number of hydrogen-bond acceptors (Lipinski definition) is 8. The van der Waals surface area contributed by atoms with Crippen LogP contribution in [0.15, 0.2) is 66.1 Å². The molecular formula is C36H48O8. The quantitative estimate of drug-likeness (QED) is 0.0801. The van der Waals surface area contributed by atoms with Crippen molar-refractivity contribution in [3.8, 4) is 0 Å². The first-order chi connectivity index (χ1) is 21.4. The van der Waals surface area contributed by atoms with Crippen LogP contribution in [0.1, 0.15) is 118 Å². The van der Waals surface area contributed by atoms with E-state index in [4.69, 9.17) is 14.2 Å². The van der Waals surface area contributed by atoms with Gasteiger partial charge in [0.15, 0.2) is 17.6 Å². The van der Waals surface area contributed by atoms with Crippen molar-refractivity contribution in [1.29, 1.82) is 0 Å². The molecule has 0 saturated heterocycles. The average Bonchev–Trinajstić information content (AvgIpc) is 3.33. The number of carbonyl (C=O) groups excluding carboxylic acids is 3. The minimum Gasteiger partial charge on any atom is -0.499 e. The van der Waals surface area contributed by atoms with E-state index in [1.54, 1.807) is 48.5 Å². The molecule has 2 N–H and O–H groups in total. The van der Waals surface area contributed by atoms with Gasteiger partial charge >= 0.3 is 11.9 Å². The van der Waals surface area contributed by atoms with Gasteiger partial charge in [-0.2, -0.15) is 0 Å². The van der Waals surface area contributed by atoms with Gasteiger partial charge in [-0.1, -0.05) is 139 Å². The van der Waals surface area contributed by atoms with Crippen LogP contribution in [0.5, 0.6) is 0 Å². The predicted octanol–water partition coefficient (Wildman–Crippen LogP) is 7.51. The van der Waals surface area contributed by atoms with E-state index in [2.05, 4.69) is 6.92 Å². The molecule has 2 atom stereocenters. The molecule has 0 amide bonds. The molecule has 2 aromatic carbocycles. The van der Waals surface area contributed by atoms with Crippen molar-refractivity contribution in [2.24, 2.45) is 0 Å². The minimum atomic E-state index is -1.40. The van der Waals surface area contributed by atoms with E-state index in [-0.39, 0.29) is 24.6 Å². The predicted molar refractivity (Wildman–Crippen MR) is 168 cm³/mol. The standard InChI is InChI=1S/C36H48O8/c1-2-3-4-5-6-7-8-9-10-11-12-13-17-20-31(38)42-26-30(37)34-35(33(40)36(41)44-34)43-25-27-21-23-29(24-22-27)32(39)28-18-15-14-16-19-28/h14-16,18-19,21-24,30,34,37,40H,2-13,17,20,25-26H2,1H3. The van der Waals surface area contributed by atoms with Crippen molar-refractivity contribution in [2.45, 2.75) is 116 Å². The molecule has 0 bridgehead atoms. The van der Waals surface area contributed by atoms with E-state index in [0.29, 0.717) is 16.7 Å². The summed E-state index contributed by atoms with van der Waals surface area (Å²) in [6, 6.07) is 15.7. The number of benzene rings is 2. The molecule has 0 saturated carbocycles. The Kier molecular flexibility index (Phi) is 15.5. The maximum atomic E-state index is 12.6. The van der Waals surface area contributed by atoms with Gasteiger partial charge in [-0.25, -0.2) is 4.79 Å². The molecule has 8 nitrogen and oxygen atoms in total. The molecule has 2 aromatic rings. The molecule has 2 unspecified atom stereocenters. The maximum absolute atomic E-state index is 12.6. The van der Waals surface area contributed by atoms with E-state index >= 15 is 0 Å². The van der Waals surface area contributed by atoms with Crippen molar-refractivity contribution in [3.05, 3.63) is 82.8 Å². The van der Waals surface area contributed by atoms with Gasteiger partial charge in [0.05, 0.1) is 0 Å². The Morgan fingerprint density at radius 2 is 1.34 bits per heavy atom. The summed E-state index contributed by atoms with van der Waals surface area (Å²) in [4.78, 5) is 36.8. The van der Waals surface area contributed by atoms with Gasteiger partial charge in [-0.3, -0.25) is 9.59 Å². The number of ketones is 1. The number of hydrogen-bond donors (Lipinski definition) is 2. The summed E-state index contributed by atoms with van der Waals surface area (Å²) in [6.45, 7) is 1.80. The second-order valence-electron chi connectivity index (χ2n) is 11.5. The van der Waals surface area contributed by atoms with Gasteiger partial charge < -0.3 is 24.4 Å². The Morgan fingerprint density at radius 3 is 1.93 bits per heavy atom. The lowest BCUT2D eigenvalue weighted by molar-refractivity contribution is -0.155. The second kappa shape index (κ2) is 19.6. The highest BCUT2D eigenvalue weighted by atomic mass is 16.6. The molecule has 44 heavy (non-hydrogen) atoms. The van der Waals surface area contributed by atoms with Crippen molar-refractivity contribution in [3.63, 3.8) is 0 Å². The Balaban J connectivity index is 1.31. The van der Waals surface area contributed by atoms with Crippen LogP contribution in [0.3, 0.4) is 0 Å². The van der Waals surface area contributed by atoms with E-state index in [9.17, 15) is 24.6 Å². The first-order valence-electron chi connectivity index (χ1n) is 16.2. The lowest BCUT2D eigenvalue weighted by atomic mass is 10.0. The normalized spacial score (nSPS) is 15.2. The Bertz CT molecular complexity index is 1190. The number of aliphatic hydroxyl groups is 2. The Labute approximate surface area is 261 Å². The van der Waals surface area contributed by atoms with E-state index < -0.39 is 36.5 Å². The van der Waals surface area contributed by atoms with Crippen LogP contribution >= 0.6 is 0 Å². The number of ether oxygens (including phenoxy) is 3. The van der Waals surface area contributed by atoms with E-state index in [1.807, 2.05) is 6.07 Å². The van der Waals surface area contributed by atoms with Gasteiger partial charge in [0.1, 0.15) is 19.3 Å². The molecule has 3 rings (SSSR count). The Hall–Kier alpha value is -3.65. The molecule has 240 valence electrons. The summed E-state index contributed by atoms with van der Waals surface area (Å²) < 4.78 is 15.9. The lowest BCUT2D eigenvalue weighted by Crippen LogP contribution is -2.34. The van der Waals surface area contributed by atoms with Gasteiger partial charge in [0, 0.05) is 17.5 Å². The number of unbranched alkanes of at least 4 members (excludes halogenated alkanes) is 12. The van der Waals surface area contributed by atoms with Gasteiger partial charge in [0.2, 0.25) is 5.76 Å². The van der Waals surface area contributed by atoms with Crippen LogP contribution in [-0.4, -0.2) is 46.7 Å². The minimum absolute atomic E-state index is 0.0438. The molecule has 0 aromatic heterocycles. The summed E-state index contributed by atoms with van der Waals surface area (Å²) in [5.74, 6) is -2.52. The van der Waals surface area contributed by atoms with Crippen LogP contribution in [-0.2, 0) is 30.4 Å². The average molecular weight is 609 g/mol. The molecule has 1 aliphatic rings. The highest BCUT2D eigenvalue weighted by molar-refractivity contribution is 6.08. The van der Waals surface area contributed by atoms with E-state index in [1.165, 1.54) is 64.2 Å². The number of cyclic esters (lactones) is 1. The number of rotatable bonds is 22. The second-order valence-corrected chi connectivity index (χ2v) is 11.5. The highest BCUT2D eigenvalue weighted by Crippen LogP contribution is 2.26. The zero-order valence-electron chi connectivity index (χ0n) is 26.0. The fourth-order valence-electron chi connectivity index (χ4n) is 5.16. The molecule has 0 radical (unpaired) electrons. The van der Waals surface area contributed by atoms with Crippen LogP contribution in [0.4, 0.5) is 0 Å². The SMILES string of the molecule is CCCCCCCCCCCCCCCC(=O)OCC(O)C1OC(=O)C(O)=C1OCc1ccc(C(=O)c2ccccc2)cc1. The lowest BCUT2D eigenvalue weighted by Gasteiger charge is -2.20. The van der Waals surface area contributed by atoms with Crippen LogP contribution in [0.2, 0.25) is 0 Å². The van der Waals surface area contributed by atoms with Crippen LogP contribution < -0.4 is 0 Å². The monoisotopic (exact) mass is 608 g/mol. The summed E-state index contributed by atoms with van der Waals surface area (Å²) in [7, 11) is 0.